The molecule has 2 fully saturated rings. The first-order chi connectivity index (χ1) is 12.0. The summed E-state index contributed by atoms with van der Waals surface area (Å²) in [6.07, 6.45) is 0.121. The van der Waals surface area contributed by atoms with E-state index in [9.17, 15) is 14.7 Å². The van der Waals surface area contributed by atoms with E-state index in [1.165, 1.54) is 0 Å². The lowest BCUT2D eigenvalue weighted by molar-refractivity contribution is -0.172. The molecule has 0 spiro atoms. The van der Waals surface area contributed by atoms with Gasteiger partial charge in [0.15, 0.2) is 6.10 Å². The normalized spacial score (nSPS) is 25.5. The van der Waals surface area contributed by atoms with Gasteiger partial charge >= 0.3 is 0 Å². The minimum Gasteiger partial charge on any atom is -0.393 e. The van der Waals surface area contributed by atoms with E-state index in [0.29, 0.717) is 25.9 Å². The lowest BCUT2D eigenvalue weighted by Gasteiger charge is -2.44. The minimum atomic E-state index is -0.710. The molecule has 2 unspecified atom stereocenters. The van der Waals surface area contributed by atoms with Crippen molar-refractivity contribution in [2.24, 2.45) is 0 Å². The Balaban J connectivity index is 1.90. The van der Waals surface area contributed by atoms with E-state index in [1.807, 2.05) is 44.2 Å². The van der Waals surface area contributed by atoms with Gasteiger partial charge in [0, 0.05) is 19.1 Å². The molecule has 25 heavy (non-hydrogen) atoms. The average Bonchev–Trinajstić information content (AvgIpc) is 2.62. The number of carbonyl (C=O) groups is 2. The zero-order valence-electron chi connectivity index (χ0n) is 14.8. The first-order valence-corrected chi connectivity index (χ1v) is 8.93. The number of amides is 2. The molecule has 1 aromatic rings. The Hall–Kier alpha value is -1.92. The number of hydrogen-bond acceptors (Lipinski definition) is 4. The highest BCUT2D eigenvalue weighted by atomic mass is 16.5. The number of ether oxygens (including phenoxy) is 1. The van der Waals surface area contributed by atoms with E-state index in [-0.39, 0.29) is 30.6 Å². The van der Waals surface area contributed by atoms with E-state index >= 15 is 0 Å². The summed E-state index contributed by atoms with van der Waals surface area (Å²) in [7, 11) is 0. The number of aliphatic hydroxyl groups excluding tert-OH is 1. The number of carbonyl (C=O) groups excluding carboxylic acids is 2. The lowest BCUT2D eigenvalue weighted by Crippen LogP contribution is -2.57. The number of piperidine rings is 1. The Labute approximate surface area is 148 Å². The van der Waals surface area contributed by atoms with E-state index in [1.54, 1.807) is 9.80 Å². The van der Waals surface area contributed by atoms with Gasteiger partial charge in [-0.05, 0) is 32.3 Å². The van der Waals surface area contributed by atoms with Gasteiger partial charge in [0.1, 0.15) is 6.61 Å². The van der Waals surface area contributed by atoms with Crippen molar-refractivity contribution >= 4 is 11.8 Å². The molecule has 2 heterocycles. The number of morpholine rings is 1. The van der Waals surface area contributed by atoms with Crippen LogP contribution in [0.3, 0.4) is 0 Å². The van der Waals surface area contributed by atoms with Crippen LogP contribution in [0.25, 0.3) is 0 Å². The summed E-state index contributed by atoms with van der Waals surface area (Å²) >= 11 is 0. The van der Waals surface area contributed by atoms with Crippen molar-refractivity contribution in [3.8, 4) is 0 Å². The molecule has 2 aliphatic rings. The molecule has 0 aliphatic carbocycles. The molecule has 0 radical (unpaired) electrons. The van der Waals surface area contributed by atoms with Crippen molar-refractivity contribution in [1.82, 2.24) is 9.80 Å². The van der Waals surface area contributed by atoms with Crippen LogP contribution < -0.4 is 0 Å². The second-order valence-electron chi connectivity index (χ2n) is 7.04. The van der Waals surface area contributed by atoms with Gasteiger partial charge in [-0.1, -0.05) is 30.3 Å². The van der Waals surface area contributed by atoms with Crippen LogP contribution in [0.4, 0.5) is 0 Å². The van der Waals surface area contributed by atoms with Crippen molar-refractivity contribution in [2.75, 3.05) is 19.7 Å². The maximum atomic E-state index is 13.1. The van der Waals surface area contributed by atoms with Gasteiger partial charge in [-0.2, -0.15) is 0 Å². The summed E-state index contributed by atoms with van der Waals surface area (Å²) in [6.45, 7) is 4.89. The SMILES string of the molecule is CC(C)N1C(=O)COC(C(=O)N2CCC(O)CC2)C1c1ccccc1. The maximum Gasteiger partial charge on any atom is 0.254 e. The molecule has 1 N–H and O–H groups in total. The zero-order chi connectivity index (χ0) is 18.0. The third kappa shape index (κ3) is 3.70. The van der Waals surface area contributed by atoms with Gasteiger partial charge in [-0.15, -0.1) is 0 Å². The van der Waals surface area contributed by atoms with Crippen molar-refractivity contribution in [2.45, 2.75) is 51.0 Å². The smallest absolute Gasteiger partial charge is 0.254 e. The summed E-state index contributed by atoms with van der Waals surface area (Å²) < 4.78 is 5.73. The molecular formula is C19H26N2O4. The predicted octanol–water partition coefficient (Wildman–Crippen LogP) is 1.35. The van der Waals surface area contributed by atoms with Crippen LogP contribution >= 0.6 is 0 Å². The van der Waals surface area contributed by atoms with Gasteiger partial charge < -0.3 is 19.6 Å². The topological polar surface area (TPSA) is 70.1 Å². The molecule has 0 bridgehead atoms. The first-order valence-electron chi connectivity index (χ1n) is 8.93. The van der Waals surface area contributed by atoms with E-state index < -0.39 is 12.1 Å². The van der Waals surface area contributed by atoms with Crippen LogP contribution in [0.1, 0.15) is 38.3 Å². The Bertz CT molecular complexity index is 611. The molecular weight excluding hydrogens is 320 g/mol. The molecule has 6 nitrogen and oxygen atoms in total. The molecule has 2 amide bonds. The number of likely N-dealkylation sites (tertiary alicyclic amines) is 1. The predicted molar refractivity (Wildman–Crippen MR) is 92.7 cm³/mol. The molecule has 0 saturated carbocycles. The van der Waals surface area contributed by atoms with Gasteiger partial charge in [0.2, 0.25) is 5.91 Å². The quantitative estimate of drug-likeness (QED) is 0.897. The highest BCUT2D eigenvalue weighted by Crippen LogP contribution is 2.33. The van der Waals surface area contributed by atoms with Crippen LogP contribution in [0.5, 0.6) is 0 Å². The van der Waals surface area contributed by atoms with E-state index in [4.69, 9.17) is 4.74 Å². The molecule has 136 valence electrons. The number of hydrogen-bond donors (Lipinski definition) is 1. The van der Waals surface area contributed by atoms with Crippen LogP contribution in [0.15, 0.2) is 30.3 Å². The maximum absolute atomic E-state index is 13.1. The standard InChI is InChI=1S/C19H26N2O4/c1-13(2)21-16(23)12-25-18(17(21)14-6-4-3-5-7-14)19(24)20-10-8-15(22)9-11-20/h3-7,13,15,17-18,22H,8-12H2,1-2H3. The van der Waals surface area contributed by atoms with Crippen molar-refractivity contribution in [3.05, 3.63) is 35.9 Å². The fraction of sp³-hybridized carbons (Fsp3) is 0.579. The fourth-order valence-corrected chi connectivity index (χ4v) is 3.70. The number of benzene rings is 1. The second-order valence-corrected chi connectivity index (χ2v) is 7.04. The number of aliphatic hydroxyl groups is 1. The second kappa shape index (κ2) is 7.54. The summed E-state index contributed by atoms with van der Waals surface area (Å²) in [6, 6.07) is 9.14. The molecule has 3 rings (SSSR count). The van der Waals surface area contributed by atoms with Crippen LogP contribution in [-0.2, 0) is 14.3 Å². The van der Waals surface area contributed by atoms with Crippen molar-refractivity contribution in [1.29, 1.82) is 0 Å². The Morgan fingerprint density at radius 2 is 1.84 bits per heavy atom. The lowest BCUT2D eigenvalue weighted by atomic mass is 9.94. The minimum absolute atomic E-state index is 0.0277. The third-order valence-corrected chi connectivity index (χ3v) is 4.98. The summed E-state index contributed by atoms with van der Waals surface area (Å²) in [4.78, 5) is 29.1. The molecule has 0 aromatic heterocycles. The number of nitrogens with zero attached hydrogens (tertiary/aromatic N) is 2. The molecule has 2 aliphatic heterocycles. The highest BCUT2D eigenvalue weighted by molar-refractivity contribution is 5.86. The number of rotatable bonds is 3. The first kappa shape index (κ1) is 17.9. The van der Waals surface area contributed by atoms with Crippen LogP contribution in [-0.4, -0.2) is 64.7 Å². The van der Waals surface area contributed by atoms with Gasteiger partial charge in [-0.3, -0.25) is 9.59 Å². The van der Waals surface area contributed by atoms with Crippen molar-refractivity contribution in [3.63, 3.8) is 0 Å². The fourth-order valence-electron chi connectivity index (χ4n) is 3.70. The van der Waals surface area contributed by atoms with E-state index in [0.717, 1.165) is 5.56 Å². The Kier molecular flexibility index (Phi) is 5.39. The van der Waals surface area contributed by atoms with Gasteiger partial charge in [-0.25, -0.2) is 0 Å². The van der Waals surface area contributed by atoms with Gasteiger partial charge in [0.05, 0.1) is 12.1 Å². The third-order valence-electron chi connectivity index (χ3n) is 4.98. The summed E-state index contributed by atoms with van der Waals surface area (Å²) in [5.74, 6) is -0.194. The van der Waals surface area contributed by atoms with E-state index in [2.05, 4.69) is 0 Å². The largest absolute Gasteiger partial charge is 0.393 e. The average molecular weight is 346 g/mol. The molecule has 2 saturated heterocycles. The van der Waals surface area contributed by atoms with Crippen LogP contribution in [0, 0.1) is 0 Å². The Morgan fingerprint density at radius 1 is 1.20 bits per heavy atom. The van der Waals surface area contributed by atoms with Crippen molar-refractivity contribution < 1.29 is 19.4 Å². The Morgan fingerprint density at radius 3 is 2.44 bits per heavy atom. The molecule has 2 atom stereocenters. The monoisotopic (exact) mass is 346 g/mol. The van der Waals surface area contributed by atoms with Crippen LogP contribution in [0.2, 0.25) is 0 Å². The zero-order valence-corrected chi connectivity index (χ0v) is 14.8. The highest BCUT2D eigenvalue weighted by Gasteiger charge is 2.44. The molecule has 1 aromatic carbocycles. The van der Waals surface area contributed by atoms with Gasteiger partial charge in [0.25, 0.3) is 5.91 Å². The molecule has 6 heteroatoms. The summed E-state index contributed by atoms with van der Waals surface area (Å²) in [5.41, 5.74) is 0.902. The summed E-state index contributed by atoms with van der Waals surface area (Å²) in [5, 5.41) is 9.68.